The Kier molecular flexibility index (Phi) is 25.0. The highest BCUT2D eigenvalue weighted by molar-refractivity contribution is 7.46. The molecule has 0 aromatic rings. The van der Waals surface area contributed by atoms with Gasteiger partial charge in [-0.05, 0) is 57.3 Å². The number of carbonyl (C=O) groups is 2. The summed E-state index contributed by atoms with van der Waals surface area (Å²) in [5.41, 5.74) is 0. The van der Waals surface area contributed by atoms with E-state index >= 15 is 0 Å². The van der Waals surface area contributed by atoms with Crippen LogP contribution in [0.25, 0.3) is 0 Å². The van der Waals surface area contributed by atoms with Gasteiger partial charge in [0.1, 0.15) is 6.61 Å². The van der Waals surface area contributed by atoms with E-state index in [9.17, 15) is 14.2 Å². The molecule has 4 atom stereocenters. The first-order valence-electron chi connectivity index (χ1n) is 17.8. The van der Waals surface area contributed by atoms with Gasteiger partial charge in [0, 0.05) is 12.8 Å². The first kappa shape index (κ1) is 42.3. The molecule has 0 aromatic carbocycles. The second kappa shape index (κ2) is 27.2. The molecule has 9 nitrogen and oxygen atoms in total. The van der Waals surface area contributed by atoms with Gasteiger partial charge in [-0.1, -0.05) is 115 Å². The molecule has 1 fully saturated rings. The predicted molar refractivity (Wildman–Crippen MR) is 183 cm³/mol. The second-order valence-electron chi connectivity index (χ2n) is 12.5. The van der Waals surface area contributed by atoms with Crippen LogP contribution in [0.5, 0.6) is 0 Å². The molecule has 10 heteroatoms. The van der Waals surface area contributed by atoms with Crippen LogP contribution in [0, 0.1) is 5.92 Å². The van der Waals surface area contributed by atoms with Crippen molar-refractivity contribution in [3.05, 3.63) is 36.5 Å². The Morgan fingerprint density at radius 1 is 0.761 bits per heavy atom. The number of phosphoric ester groups is 1. The molecule has 1 saturated heterocycles. The van der Waals surface area contributed by atoms with Gasteiger partial charge in [0.05, 0.1) is 18.8 Å². The maximum atomic E-state index is 12.3. The van der Waals surface area contributed by atoms with Crippen LogP contribution in [0.3, 0.4) is 0 Å². The smallest absolute Gasteiger partial charge is 0.462 e. The van der Waals surface area contributed by atoms with Gasteiger partial charge < -0.3 is 24.0 Å². The van der Waals surface area contributed by atoms with E-state index in [0.29, 0.717) is 25.0 Å². The van der Waals surface area contributed by atoms with Crippen molar-refractivity contribution in [1.82, 2.24) is 0 Å². The van der Waals surface area contributed by atoms with Crippen molar-refractivity contribution in [2.45, 2.75) is 161 Å². The molecule has 1 rings (SSSR count). The highest BCUT2D eigenvalue weighted by Crippen LogP contribution is 2.36. The Morgan fingerprint density at radius 2 is 1.37 bits per heavy atom. The van der Waals surface area contributed by atoms with Gasteiger partial charge >= 0.3 is 19.8 Å². The molecule has 0 aromatic heterocycles. The number of rotatable bonds is 30. The average molecular weight is 671 g/mol. The maximum Gasteiger partial charge on any atom is 0.469 e. The lowest BCUT2D eigenvalue weighted by Crippen LogP contribution is -2.29. The minimum Gasteiger partial charge on any atom is -0.462 e. The summed E-state index contributed by atoms with van der Waals surface area (Å²) >= 11 is 0. The lowest BCUT2D eigenvalue weighted by atomic mass is 10.00. The Hall–Kier alpha value is -1.77. The fourth-order valence-electron chi connectivity index (χ4n) is 4.91. The lowest BCUT2D eigenvalue weighted by molar-refractivity contribution is -0.161. The highest BCUT2D eigenvalue weighted by Gasteiger charge is 2.36. The topological polar surface area (TPSA) is 132 Å². The van der Waals surface area contributed by atoms with Gasteiger partial charge in [-0.25, -0.2) is 4.57 Å². The van der Waals surface area contributed by atoms with Crippen LogP contribution < -0.4 is 0 Å². The maximum absolute atomic E-state index is 12.3. The summed E-state index contributed by atoms with van der Waals surface area (Å²) in [6.07, 6.45) is 30.6. The summed E-state index contributed by atoms with van der Waals surface area (Å²) in [5, 5.41) is 0. The van der Waals surface area contributed by atoms with Gasteiger partial charge in [0.15, 0.2) is 6.10 Å². The van der Waals surface area contributed by atoms with E-state index in [1.165, 1.54) is 44.9 Å². The van der Waals surface area contributed by atoms with Crippen LogP contribution in [-0.2, 0) is 32.9 Å². The van der Waals surface area contributed by atoms with Crippen LogP contribution in [0.1, 0.15) is 143 Å². The van der Waals surface area contributed by atoms with E-state index in [0.717, 1.165) is 57.3 Å². The fourth-order valence-corrected chi connectivity index (χ4v) is 5.27. The molecule has 46 heavy (non-hydrogen) atoms. The van der Waals surface area contributed by atoms with Crippen molar-refractivity contribution in [3.8, 4) is 0 Å². The normalized spacial score (nSPS) is 18.0. The number of hydrogen-bond acceptors (Lipinski definition) is 7. The zero-order chi connectivity index (χ0) is 33.9. The van der Waals surface area contributed by atoms with E-state index in [1.807, 2.05) is 6.08 Å². The number of carbonyl (C=O) groups excluding carboxylic acids is 2. The number of ether oxygens (including phenoxy) is 3. The number of phosphoric acid groups is 1. The third kappa shape index (κ3) is 26.3. The van der Waals surface area contributed by atoms with Gasteiger partial charge in [-0.15, -0.1) is 0 Å². The lowest BCUT2D eigenvalue weighted by Gasteiger charge is -2.18. The number of allylic oxidation sites excluding steroid dienone is 4. The molecule has 1 aliphatic rings. The molecule has 0 amide bonds. The molecule has 0 saturated carbocycles. The van der Waals surface area contributed by atoms with Crippen LogP contribution in [-0.4, -0.2) is 53.3 Å². The molecule has 0 bridgehead atoms. The van der Waals surface area contributed by atoms with Crippen molar-refractivity contribution in [2.75, 3.05) is 13.2 Å². The summed E-state index contributed by atoms with van der Waals surface area (Å²) in [7, 11) is -4.76. The van der Waals surface area contributed by atoms with Crippen molar-refractivity contribution >= 4 is 19.8 Å². The fraction of sp³-hybridized carbons (Fsp3) is 0.778. The molecular formula is C36H63O9P. The zero-order valence-electron chi connectivity index (χ0n) is 28.8. The Balaban J connectivity index is 2.16. The number of esters is 2. The molecule has 1 heterocycles. The quantitative estimate of drug-likeness (QED) is 0.0252. The Bertz CT molecular complexity index is 926. The van der Waals surface area contributed by atoms with Crippen LogP contribution >= 0.6 is 7.82 Å². The van der Waals surface area contributed by atoms with E-state index in [4.69, 9.17) is 24.0 Å². The first-order valence-corrected chi connectivity index (χ1v) is 19.3. The summed E-state index contributed by atoms with van der Waals surface area (Å²) in [4.78, 5) is 42.6. The summed E-state index contributed by atoms with van der Waals surface area (Å²) < 4.78 is 31.9. The Labute approximate surface area is 278 Å². The number of unbranched alkanes of at least 4 members (excludes halogenated alkanes) is 9. The average Bonchev–Trinajstić information content (AvgIpc) is 3.77. The van der Waals surface area contributed by atoms with Crippen molar-refractivity contribution in [3.63, 3.8) is 0 Å². The molecule has 1 aliphatic heterocycles. The highest BCUT2D eigenvalue weighted by atomic mass is 31.2. The molecule has 0 radical (unpaired) electrons. The van der Waals surface area contributed by atoms with Crippen molar-refractivity contribution in [2.24, 2.45) is 5.92 Å². The minimum absolute atomic E-state index is 0.186. The summed E-state index contributed by atoms with van der Waals surface area (Å²) in [5.74, 6) is -0.189. The van der Waals surface area contributed by atoms with E-state index in [-0.39, 0.29) is 19.4 Å². The minimum atomic E-state index is -4.76. The third-order valence-corrected chi connectivity index (χ3v) is 8.59. The van der Waals surface area contributed by atoms with E-state index in [2.05, 4.69) is 55.7 Å². The van der Waals surface area contributed by atoms with Crippen LogP contribution in [0.2, 0.25) is 0 Å². The van der Waals surface area contributed by atoms with Crippen molar-refractivity contribution < 1.29 is 42.7 Å². The number of hydrogen-bond donors (Lipinski definition) is 2. The predicted octanol–water partition coefficient (Wildman–Crippen LogP) is 9.07. The monoisotopic (exact) mass is 670 g/mol. The molecular weight excluding hydrogens is 607 g/mol. The van der Waals surface area contributed by atoms with E-state index < -0.39 is 32.5 Å². The Morgan fingerprint density at radius 3 is 2.07 bits per heavy atom. The van der Waals surface area contributed by atoms with Gasteiger partial charge in [0.25, 0.3) is 0 Å². The zero-order valence-corrected chi connectivity index (χ0v) is 29.7. The molecule has 0 aliphatic carbocycles. The molecule has 0 spiro atoms. The molecule has 3 unspecified atom stereocenters. The SMILES string of the molecule is CCCCC/C=C\CC1OC1C/C=C\C/C=C\CCCC(=O)OC[C@H](COP(=O)(O)O)OC(=O)CCCCCCCCC(C)CC. The summed E-state index contributed by atoms with van der Waals surface area (Å²) in [6, 6.07) is 0. The van der Waals surface area contributed by atoms with Gasteiger partial charge in [-0.3, -0.25) is 14.1 Å². The molecule has 266 valence electrons. The second-order valence-corrected chi connectivity index (χ2v) is 13.7. The van der Waals surface area contributed by atoms with Crippen LogP contribution in [0.15, 0.2) is 36.5 Å². The van der Waals surface area contributed by atoms with Crippen molar-refractivity contribution in [1.29, 1.82) is 0 Å². The van der Waals surface area contributed by atoms with Gasteiger partial charge in [0.2, 0.25) is 0 Å². The van der Waals surface area contributed by atoms with Crippen LogP contribution in [0.4, 0.5) is 0 Å². The summed E-state index contributed by atoms with van der Waals surface area (Å²) in [6.45, 7) is 5.84. The third-order valence-electron chi connectivity index (χ3n) is 8.10. The first-order chi connectivity index (χ1) is 22.1. The standard InChI is InChI=1S/C36H63O9P/c1-4-6-7-8-15-20-25-33-34(45-33)26-21-16-10-9-11-17-22-27-35(37)42-29-32(30-43-46(39,40)41)44-36(38)28-23-18-13-12-14-19-24-31(3)5-2/h9,11,15-16,20-21,31-34H,4-8,10,12-14,17-19,22-30H2,1-3H3,(H2,39,40,41)/b11-9-,20-15-,21-16-/t31?,32-,33?,34?/m1/s1. The number of epoxide rings is 1. The largest absolute Gasteiger partial charge is 0.469 e. The van der Waals surface area contributed by atoms with E-state index in [1.54, 1.807) is 0 Å². The molecule has 2 N–H and O–H groups in total. The van der Waals surface area contributed by atoms with Gasteiger partial charge in [-0.2, -0.15) is 0 Å².